The molecular weight excluding hydrogens is 196 g/mol. The topological polar surface area (TPSA) is 40.5 Å². The van der Waals surface area contributed by atoms with Gasteiger partial charge in [0.1, 0.15) is 0 Å². The molecule has 78 valence electrons. The molecule has 0 spiro atoms. The predicted octanol–water partition coefficient (Wildman–Crippen LogP) is 1.32. The monoisotopic (exact) mass is 212 g/mol. The van der Waals surface area contributed by atoms with Crippen LogP contribution in [0.2, 0.25) is 0 Å². The number of aryl methyl sites for hydroxylation is 1. The first kappa shape index (κ1) is 11.6. The maximum atomic E-state index is 9.08. The summed E-state index contributed by atoms with van der Waals surface area (Å²) in [5, 5.41) is 17.7. The smallest absolute Gasteiger partial charge is 0.0861 e. The summed E-state index contributed by atoms with van der Waals surface area (Å²) in [6, 6.07) is 10.3. The Hall–Kier alpha value is -0.510. The molecule has 0 fully saturated rings. The van der Waals surface area contributed by atoms with Gasteiger partial charge in [-0.2, -0.15) is 11.8 Å². The van der Waals surface area contributed by atoms with E-state index < -0.39 is 6.10 Å². The molecule has 0 aromatic heterocycles. The highest BCUT2D eigenvalue weighted by molar-refractivity contribution is 7.99. The Morgan fingerprint density at radius 1 is 1.21 bits per heavy atom. The van der Waals surface area contributed by atoms with E-state index in [1.54, 1.807) is 11.8 Å². The van der Waals surface area contributed by atoms with Crippen molar-refractivity contribution in [3.8, 4) is 0 Å². The standard InChI is InChI=1S/C11H16O2S/c12-8-11(13)9-14-7-6-10-4-2-1-3-5-10/h1-5,11-13H,6-9H2. The quantitative estimate of drug-likeness (QED) is 0.699. The first-order chi connectivity index (χ1) is 6.83. The van der Waals surface area contributed by atoms with Gasteiger partial charge in [-0.3, -0.25) is 0 Å². The molecule has 0 aliphatic rings. The zero-order chi connectivity index (χ0) is 10.2. The lowest BCUT2D eigenvalue weighted by molar-refractivity contribution is 0.113. The zero-order valence-corrected chi connectivity index (χ0v) is 8.91. The zero-order valence-electron chi connectivity index (χ0n) is 8.10. The van der Waals surface area contributed by atoms with Crippen molar-refractivity contribution in [3.05, 3.63) is 35.9 Å². The highest BCUT2D eigenvalue weighted by atomic mass is 32.2. The second-order valence-corrected chi connectivity index (χ2v) is 4.30. The lowest BCUT2D eigenvalue weighted by Gasteiger charge is -2.06. The average Bonchev–Trinajstić information content (AvgIpc) is 2.25. The van der Waals surface area contributed by atoms with Crippen molar-refractivity contribution < 1.29 is 10.2 Å². The summed E-state index contributed by atoms with van der Waals surface area (Å²) in [6.07, 6.45) is 0.444. The Morgan fingerprint density at radius 2 is 1.93 bits per heavy atom. The van der Waals surface area contributed by atoms with Gasteiger partial charge in [-0.1, -0.05) is 30.3 Å². The molecule has 0 amide bonds. The molecule has 0 radical (unpaired) electrons. The predicted molar refractivity (Wildman–Crippen MR) is 60.6 cm³/mol. The molecular formula is C11H16O2S. The minimum atomic E-state index is -0.573. The van der Waals surface area contributed by atoms with Gasteiger partial charge in [0, 0.05) is 5.75 Å². The third kappa shape index (κ3) is 4.65. The fraction of sp³-hybridized carbons (Fsp3) is 0.455. The van der Waals surface area contributed by atoms with Gasteiger partial charge < -0.3 is 10.2 Å². The molecule has 0 saturated heterocycles. The normalized spacial score (nSPS) is 12.7. The van der Waals surface area contributed by atoms with Crippen LogP contribution in [0.5, 0.6) is 0 Å². The van der Waals surface area contributed by atoms with Crippen LogP contribution >= 0.6 is 11.8 Å². The second-order valence-electron chi connectivity index (χ2n) is 3.15. The SMILES string of the molecule is OCC(O)CSCCc1ccccc1. The molecule has 0 saturated carbocycles. The molecule has 2 nitrogen and oxygen atoms in total. The molecule has 3 heteroatoms. The summed E-state index contributed by atoms with van der Waals surface area (Å²) < 4.78 is 0. The van der Waals surface area contributed by atoms with Crippen molar-refractivity contribution in [2.45, 2.75) is 12.5 Å². The largest absolute Gasteiger partial charge is 0.394 e. The molecule has 0 bridgehead atoms. The van der Waals surface area contributed by atoms with Crippen LogP contribution in [0.15, 0.2) is 30.3 Å². The van der Waals surface area contributed by atoms with Crippen LogP contribution in [0.1, 0.15) is 5.56 Å². The molecule has 1 aromatic carbocycles. The Labute approximate surface area is 89.0 Å². The average molecular weight is 212 g/mol. The molecule has 0 aliphatic carbocycles. The fourth-order valence-electron chi connectivity index (χ4n) is 1.11. The van der Waals surface area contributed by atoms with Crippen LogP contribution in [-0.4, -0.2) is 34.4 Å². The summed E-state index contributed by atoms with van der Waals surface area (Å²) in [6.45, 7) is -0.141. The van der Waals surface area contributed by atoms with E-state index in [4.69, 9.17) is 10.2 Å². The Morgan fingerprint density at radius 3 is 2.57 bits per heavy atom. The van der Waals surface area contributed by atoms with Crippen LogP contribution in [0.3, 0.4) is 0 Å². The van der Waals surface area contributed by atoms with Crippen molar-refractivity contribution in [2.75, 3.05) is 18.1 Å². The number of benzene rings is 1. The van der Waals surface area contributed by atoms with E-state index in [0.717, 1.165) is 12.2 Å². The highest BCUT2D eigenvalue weighted by Crippen LogP contribution is 2.07. The van der Waals surface area contributed by atoms with Crippen LogP contribution in [0.25, 0.3) is 0 Å². The molecule has 1 atom stereocenters. The highest BCUT2D eigenvalue weighted by Gasteiger charge is 2.01. The van der Waals surface area contributed by atoms with Crippen molar-refractivity contribution in [1.29, 1.82) is 0 Å². The molecule has 1 unspecified atom stereocenters. The van der Waals surface area contributed by atoms with Crippen LogP contribution in [0, 0.1) is 0 Å². The number of hydrogen-bond donors (Lipinski definition) is 2. The van der Waals surface area contributed by atoms with E-state index in [-0.39, 0.29) is 6.61 Å². The summed E-state index contributed by atoms with van der Waals surface area (Å²) in [4.78, 5) is 0. The second kappa shape index (κ2) is 6.87. The lowest BCUT2D eigenvalue weighted by atomic mass is 10.2. The molecule has 14 heavy (non-hydrogen) atoms. The number of aliphatic hydroxyl groups is 2. The maximum absolute atomic E-state index is 9.08. The number of thioether (sulfide) groups is 1. The minimum absolute atomic E-state index is 0.141. The number of aliphatic hydroxyl groups excluding tert-OH is 2. The van der Waals surface area contributed by atoms with E-state index in [1.807, 2.05) is 18.2 Å². The van der Waals surface area contributed by atoms with Gasteiger partial charge in [0.15, 0.2) is 0 Å². The summed E-state index contributed by atoms with van der Waals surface area (Å²) in [5.41, 5.74) is 1.32. The molecule has 0 heterocycles. The Bertz CT molecular complexity index is 238. The van der Waals surface area contributed by atoms with E-state index in [0.29, 0.717) is 5.75 Å². The lowest BCUT2D eigenvalue weighted by Crippen LogP contribution is -2.15. The van der Waals surface area contributed by atoms with E-state index >= 15 is 0 Å². The van der Waals surface area contributed by atoms with Gasteiger partial charge in [0.25, 0.3) is 0 Å². The summed E-state index contributed by atoms with van der Waals surface area (Å²) in [5.74, 6) is 1.60. The molecule has 1 rings (SSSR count). The summed E-state index contributed by atoms with van der Waals surface area (Å²) >= 11 is 1.67. The van der Waals surface area contributed by atoms with E-state index in [1.165, 1.54) is 5.56 Å². The van der Waals surface area contributed by atoms with Crippen LogP contribution in [0.4, 0.5) is 0 Å². The van der Waals surface area contributed by atoms with Crippen molar-refractivity contribution in [1.82, 2.24) is 0 Å². The summed E-state index contributed by atoms with van der Waals surface area (Å²) in [7, 11) is 0. The minimum Gasteiger partial charge on any atom is -0.394 e. The number of hydrogen-bond acceptors (Lipinski definition) is 3. The van der Waals surface area contributed by atoms with Crippen molar-refractivity contribution in [3.63, 3.8) is 0 Å². The van der Waals surface area contributed by atoms with Crippen molar-refractivity contribution in [2.24, 2.45) is 0 Å². The first-order valence-electron chi connectivity index (χ1n) is 4.73. The third-order valence-corrected chi connectivity index (χ3v) is 3.01. The molecule has 2 N–H and O–H groups in total. The van der Waals surface area contributed by atoms with Gasteiger partial charge >= 0.3 is 0 Å². The van der Waals surface area contributed by atoms with E-state index in [2.05, 4.69) is 12.1 Å². The van der Waals surface area contributed by atoms with Gasteiger partial charge in [0.05, 0.1) is 12.7 Å². The van der Waals surface area contributed by atoms with Crippen LogP contribution < -0.4 is 0 Å². The maximum Gasteiger partial charge on any atom is 0.0861 e. The van der Waals surface area contributed by atoms with E-state index in [9.17, 15) is 0 Å². The first-order valence-corrected chi connectivity index (χ1v) is 5.89. The van der Waals surface area contributed by atoms with Gasteiger partial charge in [-0.05, 0) is 17.7 Å². The fourth-order valence-corrected chi connectivity index (χ4v) is 2.03. The van der Waals surface area contributed by atoms with Gasteiger partial charge in [0.2, 0.25) is 0 Å². The Kier molecular flexibility index (Phi) is 5.68. The number of rotatable bonds is 6. The Balaban J connectivity index is 2.10. The third-order valence-electron chi connectivity index (χ3n) is 1.90. The molecule has 1 aromatic rings. The molecule has 0 aliphatic heterocycles. The van der Waals surface area contributed by atoms with Gasteiger partial charge in [-0.25, -0.2) is 0 Å². The van der Waals surface area contributed by atoms with Crippen molar-refractivity contribution >= 4 is 11.8 Å². The van der Waals surface area contributed by atoms with Crippen LogP contribution in [-0.2, 0) is 6.42 Å². The van der Waals surface area contributed by atoms with Gasteiger partial charge in [-0.15, -0.1) is 0 Å².